The van der Waals surface area contributed by atoms with E-state index >= 15 is 0 Å². The molecule has 1 saturated heterocycles. The number of likely N-dealkylation sites (tertiary alicyclic amines) is 1. The van der Waals surface area contributed by atoms with Crippen LogP contribution in [0.2, 0.25) is 0 Å². The Morgan fingerprint density at radius 3 is 3.06 bits per heavy atom. The second kappa shape index (κ2) is 4.37. The molecule has 3 rings (SSSR count). The summed E-state index contributed by atoms with van der Waals surface area (Å²) in [4.78, 5) is 14.4. The van der Waals surface area contributed by atoms with Crippen molar-refractivity contribution in [3.63, 3.8) is 0 Å². The molecule has 0 aliphatic carbocycles. The Bertz CT molecular complexity index is 486. The fourth-order valence-corrected chi connectivity index (χ4v) is 3.07. The minimum absolute atomic E-state index is 0.108. The van der Waals surface area contributed by atoms with Gasteiger partial charge in [0.1, 0.15) is 6.04 Å². The van der Waals surface area contributed by atoms with Crippen LogP contribution < -0.4 is 11.1 Å². The molecule has 18 heavy (non-hydrogen) atoms. The Morgan fingerprint density at radius 2 is 2.33 bits per heavy atom. The lowest BCUT2D eigenvalue weighted by Gasteiger charge is -2.22. The molecule has 1 aromatic carbocycles. The minimum Gasteiger partial charge on any atom is -0.330 e. The number of nitrogens with two attached hydrogens (primary N) is 1. The van der Waals surface area contributed by atoms with Crippen molar-refractivity contribution in [2.24, 2.45) is 11.7 Å². The Kier molecular flexibility index (Phi) is 2.84. The van der Waals surface area contributed by atoms with E-state index in [0.717, 1.165) is 36.3 Å². The van der Waals surface area contributed by atoms with E-state index in [4.69, 9.17) is 5.73 Å². The van der Waals surface area contributed by atoms with Gasteiger partial charge in [0.25, 0.3) is 0 Å². The summed E-state index contributed by atoms with van der Waals surface area (Å²) in [7, 11) is 0. The first-order valence-corrected chi connectivity index (χ1v) is 6.55. The monoisotopic (exact) mass is 245 g/mol. The molecular weight excluding hydrogens is 226 g/mol. The molecule has 1 fully saturated rings. The van der Waals surface area contributed by atoms with Gasteiger partial charge in [-0.15, -0.1) is 0 Å². The molecule has 0 bridgehead atoms. The van der Waals surface area contributed by atoms with Crippen molar-refractivity contribution in [2.45, 2.75) is 19.4 Å². The van der Waals surface area contributed by atoms with E-state index in [2.05, 4.69) is 16.3 Å². The van der Waals surface area contributed by atoms with E-state index in [1.807, 2.05) is 19.1 Å². The first kappa shape index (κ1) is 11.7. The maximum absolute atomic E-state index is 12.2. The van der Waals surface area contributed by atoms with Crippen molar-refractivity contribution in [1.82, 2.24) is 4.90 Å². The third-order valence-corrected chi connectivity index (χ3v) is 4.11. The summed E-state index contributed by atoms with van der Waals surface area (Å²) in [5.41, 5.74) is 8.98. The molecular formula is C14H19N3O. The van der Waals surface area contributed by atoms with Crippen molar-refractivity contribution in [1.29, 1.82) is 0 Å². The Morgan fingerprint density at radius 1 is 1.50 bits per heavy atom. The normalized spacial score (nSPS) is 27.3. The van der Waals surface area contributed by atoms with Crippen molar-refractivity contribution >= 4 is 11.6 Å². The highest BCUT2D eigenvalue weighted by atomic mass is 16.2. The second-order valence-electron chi connectivity index (χ2n) is 5.32. The molecule has 0 saturated carbocycles. The number of aryl methyl sites for hydroxylation is 1. The predicted octanol–water partition coefficient (Wildman–Crippen LogP) is 1.27. The summed E-state index contributed by atoms with van der Waals surface area (Å²) < 4.78 is 0. The topological polar surface area (TPSA) is 58.4 Å². The largest absolute Gasteiger partial charge is 0.330 e. The lowest BCUT2D eigenvalue weighted by Crippen LogP contribution is -2.32. The number of hydrogen-bond acceptors (Lipinski definition) is 3. The van der Waals surface area contributed by atoms with Crippen molar-refractivity contribution < 1.29 is 4.79 Å². The second-order valence-corrected chi connectivity index (χ2v) is 5.32. The van der Waals surface area contributed by atoms with Crippen LogP contribution in [0.1, 0.15) is 23.6 Å². The molecule has 0 spiro atoms. The number of anilines is 1. The van der Waals surface area contributed by atoms with Crippen LogP contribution in [0.5, 0.6) is 0 Å². The first-order valence-electron chi connectivity index (χ1n) is 6.55. The van der Waals surface area contributed by atoms with Crippen LogP contribution in [0.4, 0.5) is 5.69 Å². The quantitative estimate of drug-likeness (QED) is 0.825. The van der Waals surface area contributed by atoms with E-state index in [9.17, 15) is 4.79 Å². The average Bonchev–Trinajstić information content (AvgIpc) is 2.93. The van der Waals surface area contributed by atoms with E-state index in [1.54, 1.807) is 0 Å². The number of carbonyl (C=O) groups is 1. The van der Waals surface area contributed by atoms with Gasteiger partial charge in [-0.2, -0.15) is 0 Å². The van der Waals surface area contributed by atoms with Gasteiger partial charge >= 0.3 is 0 Å². The molecule has 2 aliphatic rings. The van der Waals surface area contributed by atoms with Gasteiger partial charge in [-0.25, -0.2) is 0 Å². The van der Waals surface area contributed by atoms with Crippen LogP contribution in [0.3, 0.4) is 0 Å². The van der Waals surface area contributed by atoms with Gasteiger partial charge in [0, 0.05) is 17.8 Å². The van der Waals surface area contributed by atoms with E-state index in [1.165, 1.54) is 0 Å². The van der Waals surface area contributed by atoms with Gasteiger partial charge in [-0.05, 0) is 37.9 Å². The molecule has 96 valence electrons. The number of hydrogen-bond donors (Lipinski definition) is 2. The molecule has 2 atom stereocenters. The van der Waals surface area contributed by atoms with Gasteiger partial charge in [0.15, 0.2) is 0 Å². The summed E-state index contributed by atoms with van der Waals surface area (Å²) in [5.74, 6) is 0.642. The average molecular weight is 245 g/mol. The first-order chi connectivity index (χ1) is 8.70. The summed E-state index contributed by atoms with van der Waals surface area (Å²) in [6.07, 6.45) is 1.10. The maximum Gasteiger partial charge on any atom is 0.246 e. The number of para-hydroxylation sites is 1. The number of nitrogens with zero attached hydrogens (tertiary/aromatic N) is 1. The molecule has 1 aromatic rings. The number of fused-ring (bicyclic) bond motifs is 1. The summed E-state index contributed by atoms with van der Waals surface area (Å²) in [6, 6.07) is 6.00. The Balaban J connectivity index is 1.91. The van der Waals surface area contributed by atoms with Crippen LogP contribution in [-0.4, -0.2) is 30.4 Å². The number of nitrogens with one attached hydrogen (secondary N) is 1. The number of amides is 1. The highest BCUT2D eigenvalue weighted by Gasteiger charge is 2.38. The predicted molar refractivity (Wildman–Crippen MR) is 71.3 cm³/mol. The smallest absolute Gasteiger partial charge is 0.246 e. The zero-order valence-electron chi connectivity index (χ0n) is 10.6. The fraction of sp³-hybridized carbons (Fsp3) is 0.500. The molecule has 2 unspecified atom stereocenters. The lowest BCUT2D eigenvalue weighted by atomic mass is 10.0. The van der Waals surface area contributed by atoms with Crippen LogP contribution >= 0.6 is 0 Å². The fourth-order valence-electron chi connectivity index (χ4n) is 3.07. The molecule has 0 radical (unpaired) electrons. The third-order valence-electron chi connectivity index (χ3n) is 4.11. The van der Waals surface area contributed by atoms with Crippen LogP contribution in [-0.2, 0) is 4.79 Å². The third kappa shape index (κ3) is 1.72. The van der Waals surface area contributed by atoms with E-state index in [-0.39, 0.29) is 11.9 Å². The number of carbonyl (C=O) groups excluding carboxylic acids is 1. The number of benzene rings is 1. The highest BCUT2D eigenvalue weighted by Crippen LogP contribution is 2.38. The summed E-state index contributed by atoms with van der Waals surface area (Å²) >= 11 is 0. The van der Waals surface area contributed by atoms with Crippen LogP contribution in [0, 0.1) is 12.8 Å². The SMILES string of the molecule is Cc1cccc2c1NC(=O)C2N1CCC(CN)C1. The van der Waals surface area contributed by atoms with E-state index in [0.29, 0.717) is 12.5 Å². The molecule has 1 amide bonds. The molecule has 2 aliphatic heterocycles. The molecule has 0 aromatic heterocycles. The molecule has 3 N–H and O–H groups in total. The van der Waals surface area contributed by atoms with Gasteiger partial charge in [0.2, 0.25) is 5.91 Å². The van der Waals surface area contributed by atoms with Crippen molar-refractivity contribution in [3.8, 4) is 0 Å². The lowest BCUT2D eigenvalue weighted by molar-refractivity contribution is -0.120. The summed E-state index contributed by atoms with van der Waals surface area (Å²) in [5, 5.41) is 3.01. The summed E-state index contributed by atoms with van der Waals surface area (Å²) in [6.45, 7) is 4.65. The zero-order chi connectivity index (χ0) is 12.7. The van der Waals surface area contributed by atoms with Crippen LogP contribution in [0.25, 0.3) is 0 Å². The zero-order valence-corrected chi connectivity index (χ0v) is 10.6. The highest BCUT2D eigenvalue weighted by molar-refractivity contribution is 6.03. The van der Waals surface area contributed by atoms with Gasteiger partial charge in [0.05, 0.1) is 0 Å². The van der Waals surface area contributed by atoms with E-state index < -0.39 is 0 Å². The number of rotatable bonds is 2. The van der Waals surface area contributed by atoms with Crippen molar-refractivity contribution in [3.05, 3.63) is 29.3 Å². The van der Waals surface area contributed by atoms with Crippen molar-refractivity contribution in [2.75, 3.05) is 25.0 Å². The Labute approximate surface area is 107 Å². The van der Waals surface area contributed by atoms with Gasteiger partial charge in [-0.1, -0.05) is 18.2 Å². The Hall–Kier alpha value is -1.39. The van der Waals surface area contributed by atoms with Crippen LogP contribution in [0.15, 0.2) is 18.2 Å². The van der Waals surface area contributed by atoms with Gasteiger partial charge < -0.3 is 11.1 Å². The minimum atomic E-state index is -0.114. The molecule has 4 nitrogen and oxygen atoms in total. The molecule has 4 heteroatoms. The standard InChI is InChI=1S/C14H19N3O/c1-9-3-2-4-11-12(9)16-14(18)13(11)17-6-5-10(7-15)8-17/h2-4,10,13H,5-8,15H2,1H3,(H,16,18). The van der Waals surface area contributed by atoms with Gasteiger partial charge in [-0.3, -0.25) is 9.69 Å². The molecule has 2 heterocycles. The maximum atomic E-state index is 12.2.